The van der Waals surface area contributed by atoms with Gasteiger partial charge in [0.05, 0.1) is 12.1 Å². The highest BCUT2D eigenvalue weighted by molar-refractivity contribution is 7.99. The molecular formula is C11H20N2O5S2. The minimum Gasteiger partial charge on any atom is -0.480 e. The van der Waals surface area contributed by atoms with E-state index in [1.54, 1.807) is 0 Å². The van der Waals surface area contributed by atoms with Crippen molar-refractivity contribution in [3.05, 3.63) is 0 Å². The maximum Gasteiger partial charge on any atom is 0.327 e. The van der Waals surface area contributed by atoms with Gasteiger partial charge in [-0.25, -0.2) is 17.9 Å². The number of carbonyl (C=O) groups is 2. The number of carbonyl (C=O) groups excluding carboxylic acids is 1. The summed E-state index contributed by atoms with van der Waals surface area (Å²) < 4.78 is 25.0. The van der Waals surface area contributed by atoms with Crippen LogP contribution in [0.4, 0.5) is 0 Å². The van der Waals surface area contributed by atoms with Crippen LogP contribution in [0.25, 0.3) is 0 Å². The molecule has 7 nitrogen and oxygen atoms in total. The lowest BCUT2D eigenvalue weighted by Gasteiger charge is -2.27. The molecule has 1 unspecified atom stereocenters. The molecule has 2 atom stereocenters. The molecule has 0 radical (unpaired) electrons. The van der Waals surface area contributed by atoms with Gasteiger partial charge in [-0.2, -0.15) is 0 Å². The van der Waals surface area contributed by atoms with Crippen LogP contribution < -0.4 is 4.72 Å². The molecule has 2 N–H and O–H groups in total. The van der Waals surface area contributed by atoms with Crippen LogP contribution in [0.15, 0.2) is 0 Å². The van der Waals surface area contributed by atoms with Crippen molar-refractivity contribution in [1.29, 1.82) is 0 Å². The van der Waals surface area contributed by atoms with Gasteiger partial charge < -0.3 is 10.0 Å². The molecule has 1 saturated heterocycles. The first kappa shape index (κ1) is 17.3. The summed E-state index contributed by atoms with van der Waals surface area (Å²) >= 11 is 1.35. The highest BCUT2D eigenvalue weighted by Crippen LogP contribution is 2.23. The predicted octanol–water partition coefficient (Wildman–Crippen LogP) is -0.0636. The molecule has 1 rings (SSSR count). The Hall–Kier alpha value is -0.800. The lowest BCUT2D eigenvalue weighted by atomic mass is 10.0. The van der Waals surface area contributed by atoms with Gasteiger partial charge >= 0.3 is 5.97 Å². The van der Waals surface area contributed by atoms with Gasteiger partial charge in [0.25, 0.3) is 0 Å². The van der Waals surface area contributed by atoms with E-state index < -0.39 is 34.0 Å². The average Bonchev–Trinajstić information content (AvgIpc) is 2.73. The molecule has 1 aliphatic heterocycles. The molecule has 1 amide bonds. The third kappa shape index (κ3) is 4.95. The second-order valence-corrected chi connectivity index (χ2v) is 8.01. The van der Waals surface area contributed by atoms with E-state index in [-0.39, 0.29) is 11.8 Å². The topological polar surface area (TPSA) is 104 Å². The second kappa shape index (κ2) is 6.77. The Morgan fingerprint density at radius 2 is 2.05 bits per heavy atom. The van der Waals surface area contributed by atoms with Crippen LogP contribution in [0, 0.1) is 5.92 Å². The molecule has 1 fully saturated rings. The summed E-state index contributed by atoms with van der Waals surface area (Å²) in [6.07, 6.45) is 1.32. The van der Waals surface area contributed by atoms with Gasteiger partial charge in [-0.1, -0.05) is 13.8 Å². The van der Waals surface area contributed by atoms with Crippen LogP contribution in [0.5, 0.6) is 0 Å². The van der Waals surface area contributed by atoms with Gasteiger partial charge in [0.1, 0.15) is 12.1 Å². The summed E-state index contributed by atoms with van der Waals surface area (Å²) in [4.78, 5) is 24.7. The summed E-state index contributed by atoms with van der Waals surface area (Å²) in [5, 5.41) is 9.08. The molecule has 0 spiro atoms. The third-order valence-electron chi connectivity index (χ3n) is 2.81. The summed E-state index contributed by atoms with van der Waals surface area (Å²) in [5.74, 6) is -0.825. The number of hydrogen-bond donors (Lipinski definition) is 2. The number of sulfonamides is 1. The van der Waals surface area contributed by atoms with E-state index in [1.807, 2.05) is 13.8 Å². The fourth-order valence-corrected chi connectivity index (χ4v) is 3.86. The SMILES string of the molecule is CC(C)CC(NS(C)(=O)=O)C(=O)N1CSC[C@H]1C(=O)O. The number of thioether (sulfide) groups is 1. The lowest BCUT2D eigenvalue weighted by molar-refractivity contribution is -0.148. The van der Waals surface area contributed by atoms with Gasteiger partial charge in [-0.05, 0) is 12.3 Å². The number of nitrogens with zero attached hydrogens (tertiary/aromatic N) is 1. The molecule has 116 valence electrons. The quantitative estimate of drug-likeness (QED) is 0.709. The summed E-state index contributed by atoms with van der Waals surface area (Å²) in [5.41, 5.74) is 0. The molecule has 0 aromatic rings. The molecule has 0 aromatic heterocycles. The predicted molar refractivity (Wildman–Crippen MR) is 76.8 cm³/mol. The smallest absolute Gasteiger partial charge is 0.327 e. The Bertz CT molecular complexity index is 477. The lowest BCUT2D eigenvalue weighted by Crippen LogP contribution is -2.52. The molecule has 1 aliphatic rings. The van der Waals surface area contributed by atoms with Crippen molar-refractivity contribution >= 4 is 33.7 Å². The number of rotatable bonds is 6. The number of hydrogen-bond acceptors (Lipinski definition) is 5. The molecule has 20 heavy (non-hydrogen) atoms. The summed E-state index contributed by atoms with van der Waals surface area (Å²) in [6.45, 7) is 3.75. The Balaban J connectivity index is 2.89. The monoisotopic (exact) mass is 324 g/mol. The maximum atomic E-state index is 12.4. The van der Waals surface area contributed by atoms with Gasteiger partial charge in [0.2, 0.25) is 15.9 Å². The van der Waals surface area contributed by atoms with Crippen LogP contribution >= 0.6 is 11.8 Å². The summed E-state index contributed by atoms with van der Waals surface area (Å²) in [7, 11) is -3.53. The number of nitrogens with one attached hydrogen (secondary N) is 1. The van der Waals surface area contributed by atoms with E-state index in [2.05, 4.69) is 4.72 Å². The van der Waals surface area contributed by atoms with E-state index >= 15 is 0 Å². The van der Waals surface area contributed by atoms with Gasteiger partial charge in [-0.15, -0.1) is 11.8 Å². The Kier molecular flexibility index (Phi) is 5.84. The van der Waals surface area contributed by atoms with Crippen molar-refractivity contribution < 1.29 is 23.1 Å². The molecule has 0 bridgehead atoms. The van der Waals surface area contributed by atoms with Crippen molar-refractivity contribution in [3.63, 3.8) is 0 Å². The van der Waals surface area contributed by atoms with E-state index in [1.165, 1.54) is 16.7 Å². The zero-order valence-corrected chi connectivity index (χ0v) is 13.3. The van der Waals surface area contributed by atoms with Crippen molar-refractivity contribution in [2.75, 3.05) is 17.9 Å². The minimum atomic E-state index is -3.53. The van der Waals surface area contributed by atoms with Gasteiger partial charge in [0.15, 0.2) is 0 Å². The molecule has 0 aromatic carbocycles. The standard InChI is InChI=1S/C11H20N2O5S2/c1-7(2)4-8(12-20(3,17)18)10(14)13-6-19-5-9(13)11(15)16/h7-9,12H,4-6H2,1-3H3,(H,15,16)/t8?,9-/m0/s1. The first-order chi connectivity index (χ1) is 9.11. The summed E-state index contributed by atoms with van der Waals surface area (Å²) in [6, 6.07) is -1.80. The average molecular weight is 324 g/mol. The molecular weight excluding hydrogens is 304 g/mol. The zero-order valence-electron chi connectivity index (χ0n) is 11.7. The third-order valence-corrected chi connectivity index (χ3v) is 4.54. The maximum absolute atomic E-state index is 12.4. The van der Waals surface area contributed by atoms with E-state index in [9.17, 15) is 18.0 Å². The fraction of sp³-hybridized carbons (Fsp3) is 0.818. The highest BCUT2D eigenvalue weighted by Gasteiger charge is 2.38. The van der Waals surface area contributed by atoms with E-state index in [0.29, 0.717) is 12.2 Å². The van der Waals surface area contributed by atoms with Crippen LogP contribution in [0.1, 0.15) is 20.3 Å². The first-order valence-corrected chi connectivity index (χ1v) is 9.24. The van der Waals surface area contributed by atoms with Gasteiger partial charge in [-0.3, -0.25) is 4.79 Å². The Morgan fingerprint density at radius 3 is 2.50 bits per heavy atom. The number of aliphatic carboxylic acids is 1. The first-order valence-electron chi connectivity index (χ1n) is 6.20. The van der Waals surface area contributed by atoms with Crippen molar-refractivity contribution in [1.82, 2.24) is 9.62 Å². The van der Waals surface area contributed by atoms with Crippen molar-refractivity contribution in [3.8, 4) is 0 Å². The fourth-order valence-electron chi connectivity index (χ4n) is 1.99. The number of carboxylic acid groups (broad SMARTS) is 1. The van der Waals surface area contributed by atoms with E-state index in [0.717, 1.165) is 6.26 Å². The van der Waals surface area contributed by atoms with Crippen LogP contribution in [0.2, 0.25) is 0 Å². The second-order valence-electron chi connectivity index (χ2n) is 5.23. The van der Waals surface area contributed by atoms with Crippen molar-refractivity contribution in [2.24, 2.45) is 5.92 Å². The van der Waals surface area contributed by atoms with Crippen LogP contribution in [0.3, 0.4) is 0 Å². The molecule has 9 heteroatoms. The van der Waals surface area contributed by atoms with Crippen molar-refractivity contribution in [2.45, 2.75) is 32.4 Å². The Morgan fingerprint density at radius 1 is 1.45 bits per heavy atom. The molecule has 1 heterocycles. The van der Waals surface area contributed by atoms with E-state index in [4.69, 9.17) is 5.11 Å². The van der Waals surface area contributed by atoms with Crippen LogP contribution in [-0.4, -0.2) is 60.3 Å². The number of amides is 1. The largest absolute Gasteiger partial charge is 0.480 e. The zero-order chi connectivity index (χ0) is 15.5. The van der Waals surface area contributed by atoms with Crippen LogP contribution in [-0.2, 0) is 19.6 Å². The normalized spacial score (nSPS) is 21.2. The number of carboxylic acids is 1. The minimum absolute atomic E-state index is 0.108. The molecule has 0 saturated carbocycles. The Labute approximate surface area is 123 Å². The van der Waals surface area contributed by atoms with Gasteiger partial charge in [0, 0.05) is 5.75 Å². The molecule has 0 aliphatic carbocycles. The highest BCUT2D eigenvalue weighted by atomic mass is 32.2.